The van der Waals surface area contributed by atoms with Crippen molar-refractivity contribution in [1.82, 2.24) is 0 Å². The summed E-state index contributed by atoms with van der Waals surface area (Å²) in [6.45, 7) is 19.0. The van der Waals surface area contributed by atoms with E-state index in [1.165, 1.54) is 16.7 Å². The Kier molecular flexibility index (Phi) is 3.69. The summed E-state index contributed by atoms with van der Waals surface area (Å²) in [6.07, 6.45) is 0. The van der Waals surface area contributed by atoms with Crippen molar-refractivity contribution in [1.29, 1.82) is 0 Å². The molecule has 1 heteroatoms. The highest BCUT2D eigenvalue weighted by molar-refractivity contribution is 7.59. The van der Waals surface area contributed by atoms with E-state index in [4.69, 9.17) is 0 Å². The second kappa shape index (κ2) is 4.74. The zero-order chi connectivity index (χ0) is 14.5. The van der Waals surface area contributed by atoms with Crippen LogP contribution in [0, 0.1) is 13.8 Å². The van der Waals surface area contributed by atoms with Gasteiger partial charge in [0.25, 0.3) is 0 Å². The molecule has 0 N–H and O–H groups in total. The van der Waals surface area contributed by atoms with E-state index in [9.17, 15) is 0 Å². The van der Waals surface area contributed by atoms with Crippen molar-refractivity contribution in [3.63, 3.8) is 0 Å². The highest BCUT2D eigenvalue weighted by atomic mass is 31.1. The Morgan fingerprint density at radius 3 is 2.05 bits per heavy atom. The van der Waals surface area contributed by atoms with Gasteiger partial charge in [-0.25, -0.2) is 0 Å². The summed E-state index contributed by atoms with van der Waals surface area (Å²) in [5.74, 6) is 0. The number of hydrogen-bond acceptors (Lipinski definition) is 0. The first kappa shape index (κ1) is 14.8. The molecule has 19 heavy (non-hydrogen) atoms. The van der Waals surface area contributed by atoms with Crippen LogP contribution in [0.4, 0.5) is 0 Å². The molecular weight excluding hydrogens is 247 g/mol. The lowest BCUT2D eigenvalue weighted by Gasteiger charge is -2.32. The first-order valence-corrected chi connectivity index (χ1v) is 9.43. The third-order valence-electron chi connectivity index (χ3n) is 5.46. The van der Waals surface area contributed by atoms with Gasteiger partial charge >= 0.3 is 0 Å². The quantitative estimate of drug-likeness (QED) is 0.618. The van der Waals surface area contributed by atoms with Gasteiger partial charge in [0.1, 0.15) is 5.16 Å². The van der Waals surface area contributed by atoms with Crippen LogP contribution >= 0.6 is 7.92 Å². The fourth-order valence-corrected chi connectivity index (χ4v) is 6.41. The molecule has 0 spiro atoms. The third kappa shape index (κ3) is 1.91. The molecule has 0 saturated carbocycles. The molecule has 104 valence electrons. The monoisotopic (exact) mass is 275 g/mol. The molecule has 2 rings (SSSR count). The molecule has 1 aliphatic rings. The summed E-state index contributed by atoms with van der Waals surface area (Å²) in [5.41, 5.74) is 10.0. The van der Waals surface area contributed by atoms with E-state index >= 15 is 0 Å². The number of aryl methyl sites for hydroxylation is 2. The Bertz CT molecular complexity index is 551. The molecule has 2 atom stereocenters. The molecule has 2 unspecified atom stereocenters. The fraction of sp³-hybridized carbons (Fsp3) is 0.556. The zero-order valence-corrected chi connectivity index (χ0v) is 14.7. The number of rotatable bonds is 2. The normalized spacial score (nSPS) is 24.1. The van der Waals surface area contributed by atoms with Gasteiger partial charge in [-0.2, -0.15) is 0 Å². The van der Waals surface area contributed by atoms with Crippen molar-refractivity contribution in [2.24, 2.45) is 0 Å². The summed E-state index contributed by atoms with van der Waals surface area (Å²) in [6, 6.07) is 4.60. The molecule has 0 aromatic heterocycles. The number of fused-ring (bicyclic) bond motifs is 1. The summed E-state index contributed by atoms with van der Waals surface area (Å²) >= 11 is 0. The topological polar surface area (TPSA) is 0 Å². The maximum atomic E-state index is 2.52. The predicted molar refractivity (Wildman–Crippen MR) is 90.9 cm³/mol. The van der Waals surface area contributed by atoms with Gasteiger partial charge in [0.15, 0.2) is 0 Å². The van der Waals surface area contributed by atoms with Crippen LogP contribution in [0.15, 0.2) is 17.7 Å². The molecule has 0 bridgehead atoms. The van der Waals surface area contributed by atoms with Crippen molar-refractivity contribution >= 4 is 13.5 Å². The van der Waals surface area contributed by atoms with Crippen LogP contribution in [0.2, 0.25) is 0 Å². The Labute approximate surface area is 120 Å². The van der Waals surface area contributed by atoms with Gasteiger partial charge in [-0.3, -0.25) is 0 Å². The van der Waals surface area contributed by atoms with Crippen LogP contribution in [0.25, 0.3) is 5.57 Å². The summed E-state index contributed by atoms with van der Waals surface area (Å²) < 4.78 is 0. The van der Waals surface area contributed by atoms with Gasteiger partial charge in [0.05, 0.1) is 5.66 Å². The smallest absolute Gasteiger partial charge is 0.0586 e. The van der Waals surface area contributed by atoms with Crippen molar-refractivity contribution in [2.75, 3.05) is 6.66 Å². The van der Waals surface area contributed by atoms with E-state index in [1.54, 1.807) is 16.7 Å². The molecule has 0 heterocycles. The number of hydrogen-bond donors (Lipinski definition) is 0. The predicted octanol–water partition coefficient (Wildman–Crippen LogP) is 5.58. The van der Waals surface area contributed by atoms with Crippen LogP contribution in [-0.4, -0.2) is 12.3 Å². The van der Waals surface area contributed by atoms with E-state index in [1.807, 2.05) is 0 Å². The largest absolute Gasteiger partial charge is 0.121 e. The lowest BCUT2D eigenvalue weighted by atomic mass is 9.91. The lowest BCUT2D eigenvalue weighted by Crippen LogP contribution is -2.23. The molecule has 0 amide bonds. The van der Waals surface area contributed by atoms with Gasteiger partial charge < -0.3 is 0 Å². The zero-order valence-electron chi connectivity index (χ0n) is 13.7. The van der Waals surface area contributed by atoms with E-state index in [2.05, 4.69) is 67.3 Å². The van der Waals surface area contributed by atoms with Crippen LogP contribution in [0.3, 0.4) is 0 Å². The van der Waals surface area contributed by atoms with Crippen molar-refractivity contribution in [2.45, 2.75) is 59.3 Å². The van der Waals surface area contributed by atoms with Gasteiger partial charge in [-0.1, -0.05) is 12.1 Å². The molecule has 0 saturated heterocycles. The van der Waals surface area contributed by atoms with Crippen LogP contribution in [-0.2, 0) is 5.16 Å². The fourth-order valence-electron chi connectivity index (χ4n) is 3.76. The number of benzene rings is 1. The maximum absolute atomic E-state index is 2.52. The van der Waals surface area contributed by atoms with Crippen LogP contribution in [0.5, 0.6) is 0 Å². The SMILES string of the molecule is CC1=C(C)C(C)([PH+](C)C(C)C)c2c(C)ccc(C)c21. The minimum atomic E-state index is -0.472. The second-order valence-electron chi connectivity index (χ2n) is 6.66. The third-order valence-corrected chi connectivity index (χ3v) is 9.40. The molecular formula is C18H28P+. The Morgan fingerprint density at radius 1 is 1.00 bits per heavy atom. The Morgan fingerprint density at radius 2 is 1.53 bits per heavy atom. The minimum absolute atomic E-state index is 0.300. The number of allylic oxidation sites excluding steroid dienone is 2. The molecule has 1 aliphatic carbocycles. The second-order valence-corrected chi connectivity index (χ2v) is 10.2. The Hall–Kier alpha value is -0.610. The average molecular weight is 275 g/mol. The Balaban J connectivity index is 2.79. The van der Waals surface area contributed by atoms with E-state index in [0.717, 1.165) is 5.66 Å². The molecule has 0 radical (unpaired) electrons. The van der Waals surface area contributed by atoms with E-state index < -0.39 is 7.92 Å². The lowest BCUT2D eigenvalue weighted by molar-refractivity contribution is 0.794. The first-order chi connectivity index (χ1) is 8.72. The standard InChI is InChI=1S/C18H27P/c1-11(2)19(8)18(7)15(6)14(5)16-12(3)9-10-13(4)17(16)18/h9-11H,1-8H3/p+1. The van der Waals surface area contributed by atoms with Crippen molar-refractivity contribution in [3.05, 3.63) is 40.0 Å². The first-order valence-electron chi connectivity index (χ1n) is 7.35. The average Bonchev–Trinajstić information content (AvgIpc) is 2.56. The molecule has 1 aromatic rings. The van der Waals surface area contributed by atoms with Crippen LogP contribution in [0.1, 0.15) is 56.9 Å². The summed E-state index contributed by atoms with van der Waals surface area (Å²) in [5, 5.41) is 0.300. The highest BCUT2D eigenvalue weighted by Gasteiger charge is 2.49. The van der Waals surface area contributed by atoms with Crippen LogP contribution < -0.4 is 0 Å². The molecule has 0 aliphatic heterocycles. The van der Waals surface area contributed by atoms with E-state index in [0.29, 0.717) is 5.16 Å². The van der Waals surface area contributed by atoms with Gasteiger partial charge in [-0.15, -0.1) is 0 Å². The summed E-state index contributed by atoms with van der Waals surface area (Å²) in [7, 11) is -0.472. The highest BCUT2D eigenvalue weighted by Crippen LogP contribution is 2.66. The van der Waals surface area contributed by atoms with Crippen molar-refractivity contribution in [3.8, 4) is 0 Å². The molecule has 0 fully saturated rings. The maximum Gasteiger partial charge on any atom is 0.121 e. The minimum Gasteiger partial charge on any atom is -0.0586 e. The van der Waals surface area contributed by atoms with Crippen molar-refractivity contribution < 1.29 is 0 Å². The molecule has 1 aromatic carbocycles. The summed E-state index contributed by atoms with van der Waals surface area (Å²) in [4.78, 5) is 0. The van der Waals surface area contributed by atoms with Gasteiger partial charge in [-0.05, 0) is 76.3 Å². The van der Waals surface area contributed by atoms with Gasteiger partial charge in [0.2, 0.25) is 0 Å². The van der Waals surface area contributed by atoms with E-state index in [-0.39, 0.29) is 0 Å². The molecule has 0 nitrogen and oxygen atoms in total. The van der Waals surface area contributed by atoms with Gasteiger partial charge in [0, 0.05) is 20.1 Å².